The maximum Gasteiger partial charge on any atom is 0.328 e. The molecular formula is C14H17ClN2O2S. The summed E-state index contributed by atoms with van der Waals surface area (Å²) >= 11 is 11.2. The number of nitrogens with zero attached hydrogens (tertiary/aromatic N) is 1. The Hall–Kier alpha value is -1.33. The van der Waals surface area contributed by atoms with Gasteiger partial charge in [-0.1, -0.05) is 23.8 Å². The monoisotopic (exact) mass is 312 g/mol. The van der Waals surface area contributed by atoms with Gasteiger partial charge in [0, 0.05) is 12.1 Å². The first-order valence-corrected chi connectivity index (χ1v) is 7.36. The fraction of sp³-hybridized carbons (Fsp3) is 0.429. The van der Waals surface area contributed by atoms with Crippen LogP contribution in [0.25, 0.3) is 0 Å². The molecule has 1 saturated heterocycles. The minimum atomic E-state index is -0.261. The average molecular weight is 313 g/mol. The molecule has 2 N–H and O–H groups in total. The second kappa shape index (κ2) is 6.41. The van der Waals surface area contributed by atoms with E-state index in [0.29, 0.717) is 16.6 Å². The molecule has 6 heteroatoms. The minimum Gasteiger partial charge on any atom is -0.464 e. The van der Waals surface area contributed by atoms with Crippen molar-refractivity contribution in [3.05, 3.63) is 28.8 Å². The molecule has 0 radical (unpaired) electrons. The van der Waals surface area contributed by atoms with Crippen LogP contribution in [-0.2, 0) is 9.53 Å². The van der Waals surface area contributed by atoms with Gasteiger partial charge >= 0.3 is 5.97 Å². The molecule has 1 heterocycles. The Kier molecular flexibility index (Phi) is 4.83. The zero-order valence-corrected chi connectivity index (χ0v) is 12.8. The predicted molar refractivity (Wildman–Crippen MR) is 84.3 cm³/mol. The molecule has 1 aromatic carbocycles. The Morgan fingerprint density at radius 1 is 1.60 bits per heavy atom. The van der Waals surface area contributed by atoms with E-state index in [0.717, 1.165) is 30.6 Å². The lowest BCUT2D eigenvalue weighted by molar-refractivity contribution is -0.144. The number of carbonyl (C=O) groups excluding carboxylic acids is 1. The fourth-order valence-corrected chi connectivity index (χ4v) is 2.85. The molecular weight excluding hydrogens is 296 g/mol. The van der Waals surface area contributed by atoms with E-state index in [1.54, 1.807) is 13.0 Å². The number of nitrogens with two attached hydrogens (primary N) is 1. The maximum absolute atomic E-state index is 12.0. The summed E-state index contributed by atoms with van der Waals surface area (Å²) < 4.78 is 5.11. The molecule has 0 bridgehead atoms. The van der Waals surface area contributed by atoms with E-state index in [1.165, 1.54) is 0 Å². The van der Waals surface area contributed by atoms with E-state index in [-0.39, 0.29) is 12.0 Å². The van der Waals surface area contributed by atoms with Crippen molar-refractivity contribution in [2.75, 3.05) is 18.1 Å². The molecule has 1 fully saturated rings. The number of thiocarbonyl (C=S) groups is 1. The fourth-order valence-electron chi connectivity index (χ4n) is 2.43. The second-order valence-electron chi connectivity index (χ2n) is 4.63. The first-order valence-electron chi connectivity index (χ1n) is 6.57. The molecule has 1 unspecified atom stereocenters. The molecule has 0 aromatic heterocycles. The van der Waals surface area contributed by atoms with Gasteiger partial charge in [0.25, 0.3) is 0 Å². The Labute approximate surface area is 128 Å². The van der Waals surface area contributed by atoms with Crippen LogP contribution in [0.1, 0.15) is 25.3 Å². The summed E-state index contributed by atoms with van der Waals surface area (Å²) in [5.41, 5.74) is 7.13. The molecule has 0 aliphatic carbocycles. The summed E-state index contributed by atoms with van der Waals surface area (Å²) in [6.07, 6.45) is 1.73. The molecule has 1 aromatic rings. The topological polar surface area (TPSA) is 55.6 Å². The molecule has 1 aliphatic heterocycles. The van der Waals surface area contributed by atoms with E-state index in [4.69, 9.17) is 34.3 Å². The second-order valence-corrected chi connectivity index (χ2v) is 5.48. The largest absolute Gasteiger partial charge is 0.464 e. The van der Waals surface area contributed by atoms with E-state index in [1.807, 2.05) is 17.0 Å². The first-order chi connectivity index (χ1) is 9.54. The van der Waals surface area contributed by atoms with Gasteiger partial charge in [0.05, 0.1) is 17.3 Å². The Morgan fingerprint density at radius 3 is 2.95 bits per heavy atom. The summed E-state index contributed by atoms with van der Waals surface area (Å²) in [7, 11) is 0. The number of esters is 1. The van der Waals surface area contributed by atoms with Crippen LogP contribution in [0.2, 0.25) is 5.02 Å². The summed E-state index contributed by atoms with van der Waals surface area (Å²) in [5.74, 6) is -0.195. The lowest BCUT2D eigenvalue weighted by Crippen LogP contribution is -2.37. The van der Waals surface area contributed by atoms with Crippen LogP contribution >= 0.6 is 23.8 Å². The molecule has 2 rings (SSSR count). The minimum absolute atomic E-state index is 0.195. The van der Waals surface area contributed by atoms with Gasteiger partial charge in [-0.05, 0) is 38.0 Å². The number of halogens is 1. The van der Waals surface area contributed by atoms with E-state index < -0.39 is 0 Å². The van der Waals surface area contributed by atoms with Gasteiger partial charge in [-0.2, -0.15) is 0 Å². The Balaban J connectivity index is 2.26. The third-order valence-electron chi connectivity index (χ3n) is 3.35. The van der Waals surface area contributed by atoms with Gasteiger partial charge in [-0.25, -0.2) is 4.79 Å². The van der Waals surface area contributed by atoms with Gasteiger partial charge in [-0.15, -0.1) is 0 Å². The van der Waals surface area contributed by atoms with Gasteiger partial charge in [0.1, 0.15) is 11.0 Å². The van der Waals surface area contributed by atoms with Crippen molar-refractivity contribution in [3.8, 4) is 0 Å². The number of hydrogen-bond acceptors (Lipinski definition) is 4. The summed E-state index contributed by atoms with van der Waals surface area (Å²) in [6, 6.07) is 5.15. The molecule has 4 nitrogen and oxygen atoms in total. The smallest absolute Gasteiger partial charge is 0.328 e. The Bertz CT molecular complexity index is 536. The van der Waals surface area contributed by atoms with Crippen LogP contribution in [0.5, 0.6) is 0 Å². The highest BCUT2D eigenvalue weighted by Gasteiger charge is 2.33. The van der Waals surface area contributed by atoms with E-state index in [9.17, 15) is 4.79 Å². The number of ether oxygens (including phenoxy) is 1. The van der Waals surface area contributed by atoms with Crippen molar-refractivity contribution < 1.29 is 9.53 Å². The number of benzene rings is 1. The third-order valence-corrected chi connectivity index (χ3v) is 3.89. The van der Waals surface area contributed by atoms with Crippen molar-refractivity contribution in [3.63, 3.8) is 0 Å². The predicted octanol–water partition coefficient (Wildman–Crippen LogP) is 2.51. The number of anilines is 1. The summed E-state index contributed by atoms with van der Waals surface area (Å²) in [6.45, 7) is 2.98. The molecule has 108 valence electrons. The van der Waals surface area contributed by atoms with Crippen LogP contribution in [-0.4, -0.2) is 30.2 Å². The zero-order valence-electron chi connectivity index (χ0n) is 11.3. The van der Waals surface area contributed by atoms with Gasteiger partial charge in [-0.3, -0.25) is 0 Å². The average Bonchev–Trinajstić information content (AvgIpc) is 2.87. The number of hydrogen-bond donors (Lipinski definition) is 1. The van der Waals surface area contributed by atoms with Crippen molar-refractivity contribution in [1.82, 2.24) is 0 Å². The van der Waals surface area contributed by atoms with Crippen LogP contribution in [0, 0.1) is 0 Å². The van der Waals surface area contributed by atoms with Crippen molar-refractivity contribution in [1.29, 1.82) is 0 Å². The van der Waals surface area contributed by atoms with Gasteiger partial charge in [0.2, 0.25) is 0 Å². The van der Waals surface area contributed by atoms with E-state index in [2.05, 4.69) is 0 Å². The first kappa shape index (κ1) is 15.1. The lowest BCUT2D eigenvalue weighted by Gasteiger charge is -2.26. The molecule has 0 saturated carbocycles. The van der Waals surface area contributed by atoms with Crippen LogP contribution in [0.15, 0.2) is 18.2 Å². The normalized spacial score (nSPS) is 18.1. The maximum atomic E-state index is 12.0. The SMILES string of the molecule is CCOC(=O)C1CCCN1c1ccc(C(N)=S)cc1Cl. The van der Waals surface area contributed by atoms with Crippen molar-refractivity contribution in [2.45, 2.75) is 25.8 Å². The summed E-state index contributed by atoms with van der Waals surface area (Å²) in [5, 5.41) is 0.548. The molecule has 1 atom stereocenters. The van der Waals surface area contributed by atoms with Crippen LogP contribution in [0.3, 0.4) is 0 Å². The van der Waals surface area contributed by atoms with Crippen molar-refractivity contribution in [2.24, 2.45) is 5.73 Å². The summed E-state index contributed by atoms with van der Waals surface area (Å²) in [4.78, 5) is 14.3. The van der Waals surface area contributed by atoms with E-state index >= 15 is 0 Å². The zero-order chi connectivity index (χ0) is 14.7. The third kappa shape index (κ3) is 3.04. The molecule has 1 aliphatic rings. The van der Waals surface area contributed by atoms with Crippen LogP contribution < -0.4 is 10.6 Å². The number of carbonyl (C=O) groups is 1. The molecule has 20 heavy (non-hydrogen) atoms. The highest BCUT2D eigenvalue weighted by Crippen LogP contribution is 2.33. The highest BCUT2D eigenvalue weighted by atomic mass is 35.5. The lowest BCUT2D eigenvalue weighted by atomic mass is 10.1. The molecule has 0 amide bonds. The van der Waals surface area contributed by atoms with Gasteiger partial charge < -0.3 is 15.4 Å². The van der Waals surface area contributed by atoms with Gasteiger partial charge in [0.15, 0.2) is 0 Å². The van der Waals surface area contributed by atoms with Crippen LogP contribution in [0.4, 0.5) is 5.69 Å². The molecule has 0 spiro atoms. The standard InChI is InChI=1S/C14H17ClN2O2S/c1-2-19-14(18)12-4-3-7-17(12)11-6-5-9(13(16)20)8-10(11)15/h5-6,8,12H,2-4,7H2,1H3,(H2,16,20). The van der Waals surface area contributed by atoms with Crippen molar-refractivity contribution >= 4 is 40.5 Å². The number of rotatable bonds is 4. The quantitative estimate of drug-likeness (QED) is 0.684. The Morgan fingerprint density at radius 2 is 2.35 bits per heavy atom. The highest BCUT2D eigenvalue weighted by molar-refractivity contribution is 7.80.